The molecule has 1 spiro atoms. The van der Waals surface area contributed by atoms with Gasteiger partial charge in [-0.05, 0) is 18.2 Å². The number of hydrogen-bond acceptors (Lipinski definition) is 7. The summed E-state index contributed by atoms with van der Waals surface area (Å²) in [5.74, 6) is 0.225. The zero-order valence-corrected chi connectivity index (χ0v) is 18.3. The number of nitrogens with zero attached hydrogens (tertiary/aromatic N) is 4. The van der Waals surface area contributed by atoms with Gasteiger partial charge in [0.2, 0.25) is 16.0 Å². The molecule has 2 aromatic heterocycles. The predicted molar refractivity (Wildman–Crippen MR) is 116 cm³/mol. The Bertz CT molecular complexity index is 1340. The Labute approximate surface area is 187 Å². The van der Waals surface area contributed by atoms with Gasteiger partial charge in [0.1, 0.15) is 10.7 Å². The van der Waals surface area contributed by atoms with Gasteiger partial charge in [-0.3, -0.25) is 4.79 Å². The number of alkyl halides is 1. The van der Waals surface area contributed by atoms with Gasteiger partial charge in [-0.25, -0.2) is 17.8 Å². The number of anilines is 1. The molecule has 0 aliphatic carbocycles. The first-order valence-electron chi connectivity index (χ1n) is 9.98. The molecule has 9 nitrogen and oxygen atoms in total. The maximum absolute atomic E-state index is 15.6. The molecule has 2 fully saturated rings. The number of sulfonamides is 1. The van der Waals surface area contributed by atoms with E-state index in [-0.39, 0.29) is 54.2 Å². The average Bonchev–Trinajstić information content (AvgIpc) is 3.22. The lowest BCUT2D eigenvalue weighted by Crippen LogP contribution is -2.62. The molecule has 3 aromatic rings. The monoisotopic (exact) mass is 479 g/mol. The van der Waals surface area contributed by atoms with Crippen molar-refractivity contribution >= 4 is 38.6 Å². The molecule has 2 aliphatic rings. The van der Waals surface area contributed by atoms with E-state index < -0.39 is 27.5 Å². The number of fused-ring (bicyclic) bond motifs is 1. The van der Waals surface area contributed by atoms with E-state index in [1.165, 1.54) is 24.4 Å². The molecule has 0 saturated carbocycles. The highest BCUT2D eigenvalue weighted by Gasteiger charge is 2.57. The molecular formula is C20H19ClFN5O4S. The van der Waals surface area contributed by atoms with Crippen LogP contribution in [0.3, 0.4) is 0 Å². The summed E-state index contributed by atoms with van der Waals surface area (Å²) in [5, 5.41) is 0.568. The SMILES string of the molecule is O=c1[nH]c2nc(N3CCC4(OCCN4S(=O)(=O)c4ccccc4)C(F)C3)ncc2cc1Cl. The molecular weight excluding hydrogens is 461 g/mol. The molecule has 2 aliphatic heterocycles. The number of ether oxygens (including phenoxy) is 1. The molecule has 168 valence electrons. The highest BCUT2D eigenvalue weighted by atomic mass is 35.5. The summed E-state index contributed by atoms with van der Waals surface area (Å²) in [6.45, 7) is 0.293. The van der Waals surface area contributed by atoms with Gasteiger partial charge in [0.15, 0.2) is 11.9 Å². The third kappa shape index (κ3) is 3.36. The van der Waals surface area contributed by atoms with Crippen LogP contribution in [0.5, 0.6) is 0 Å². The van der Waals surface area contributed by atoms with Crippen molar-refractivity contribution < 1.29 is 17.5 Å². The summed E-state index contributed by atoms with van der Waals surface area (Å²) >= 11 is 5.83. The van der Waals surface area contributed by atoms with Crippen molar-refractivity contribution in [3.8, 4) is 0 Å². The number of nitrogens with one attached hydrogen (secondary N) is 1. The molecule has 0 amide bonds. The van der Waals surface area contributed by atoms with Crippen LogP contribution in [0.4, 0.5) is 10.3 Å². The summed E-state index contributed by atoms with van der Waals surface area (Å²) in [6, 6.07) is 9.40. The average molecular weight is 480 g/mol. The van der Waals surface area contributed by atoms with E-state index in [0.29, 0.717) is 5.39 Å². The van der Waals surface area contributed by atoms with Gasteiger partial charge < -0.3 is 14.6 Å². The second kappa shape index (κ2) is 7.77. The number of halogens is 2. The fourth-order valence-corrected chi connectivity index (χ4v) is 6.12. The van der Waals surface area contributed by atoms with Crippen LogP contribution in [0.1, 0.15) is 6.42 Å². The topological polar surface area (TPSA) is 108 Å². The van der Waals surface area contributed by atoms with Crippen molar-refractivity contribution in [2.24, 2.45) is 0 Å². The summed E-state index contributed by atoms with van der Waals surface area (Å²) in [4.78, 5) is 24.7. The van der Waals surface area contributed by atoms with Crippen molar-refractivity contribution in [2.45, 2.75) is 23.2 Å². The zero-order valence-electron chi connectivity index (χ0n) is 16.7. The van der Waals surface area contributed by atoms with Gasteiger partial charge in [-0.1, -0.05) is 29.8 Å². The first-order valence-corrected chi connectivity index (χ1v) is 11.8. The van der Waals surface area contributed by atoms with E-state index in [1.54, 1.807) is 23.1 Å². The van der Waals surface area contributed by atoms with E-state index in [9.17, 15) is 13.2 Å². The summed E-state index contributed by atoms with van der Waals surface area (Å²) in [7, 11) is -3.93. The Kier molecular flexibility index (Phi) is 5.16. The number of H-pyrrole nitrogens is 1. The number of aromatic nitrogens is 3. The Hall–Kier alpha value is -2.60. The fraction of sp³-hybridized carbons (Fsp3) is 0.350. The minimum absolute atomic E-state index is 0.0238. The van der Waals surface area contributed by atoms with Crippen molar-refractivity contribution in [2.75, 3.05) is 31.1 Å². The normalized spacial score (nSPS) is 24.4. The van der Waals surface area contributed by atoms with Gasteiger partial charge in [-0.2, -0.15) is 9.29 Å². The summed E-state index contributed by atoms with van der Waals surface area (Å²) in [6.07, 6.45) is -0.0468. The largest absolute Gasteiger partial charge is 0.355 e. The zero-order chi connectivity index (χ0) is 22.5. The smallest absolute Gasteiger partial charge is 0.268 e. The number of hydrogen-bond donors (Lipinski definition) is 1. The van der Waals surface area contributed by atoms with E-state index >= 15 is 4.39 Å². The molecule has 2 atom stereocenters. The maximum Gasteiger partial charge on any atom is 0.268 e. The van der Waals surface area contributed by atoms with E-state index in [2.05, 4.69) is 15.0 Å². The first-order chi connectivity index (χ1) is 15.3. The van der Waals surface area contributed by atoms with Crippen molar-refractivity contribution in [1.29, 1.82) is 0 Å². The number of benzene rings is 1. The van der Waals surface area contributed by atoms with Crippen molar-refractivity contribution in [3.05, 3.63) is 58.0 Å². The van der Waals surface area contributed by atoms with Gasteiger partial charge in [0, 0.05) is 31.1 Å². The molecule has 2 unspecified atom stereocenters. The summed E-state index contributed by atoms with van der Waals surface area (Å²) < 4.78 is 48.9. The van der Waals surface area contributed by atoms with Crippen LogP contribution in [-0.4, -0.2) is 65.8 Å². The second-order valence-corrected chi connectivity index (χ2v) is 9.94. The van der Waals surface area contributed by atoms with Gasteiger partial charge >= 0.3 is 0 Å². The number of rotatable bonds is 3. The number of piperidine rings is 1. The lowest BCUT2D eigenvalue weighted by Gasteiger charge is -2.44. The Balaban J connectivity index is 1.43. The van der Waals surface area contributed by atoms with E-state index in [1.807, 2.05) is 0 Å². The molecule has 0 radical (unpaired) electrons. The summed E-state index contributed by atoms with van der Waals surface area (Å²) in [5.41, 5.74) is -1.78. The minimum atomic E-state index is -3.93. The van der Waals surface area contributed by atoms with Crippen LogP contribution in [0.2, 0.25) is 5.02 Å². The van der Waals surface area contributed by atoms with Crippen molar-refractivity contribution in [3.63, 3.8) is 0 Å². The Morgan fingerprint density at radius 1 is 1.25 bits per heavy atom. The number of aromatic amines is 1. The standard InChI is InChI=1S/C20H19ClFN5O4S/c21-15-10-13-11-23-19(25-17(13)24-18(15)28)26-7-6-20(16(22)12-26)27(8-9-31-20)32(29,30)14-4-2-1-3-5-14/h1-5,10-11,16H,6-9,12H2,(H,23,24,25,28). The molecule has 32 heavy (non-hydrogen) atoms. The lowest BCUT2D eigenvalue weighted by atomic mass is 9.99. The first kappa shape index (κ1) is 21.3. The lowest BCUT2D eigenvalue weighted by molar-refractivity contribution is -0.116. The molecule has 12 heteroatoms. The van der Waals surface area contributed by atoms with Crippen LogP contribution in [0, 0.1) is 0 Å². The van der Waals surface area contributed by atoms with E-state index in [0.717, 1.165) is 4.31 Å². The quantitative estimate of drug-likeness (QED) is 0.611. The predicted octanol–water partition coefficient (Wildman–Crippen LogP) is 1.94. The highest BCUT2D eigenvalue weighted by Crippen LogP contribution is 2.40. The minimum Gasteiger partial charge on any atom is -0.355 e. The Morgan fingerprint density at radius 2 is 2.03 bits per heavy atom. The molecule has 4 heterocycles. The van der Waals surface area contributed by atoms with Crippen LogP contribution >= 0.6 is 11.6 Å². The number of pyridine rings is 1. The second-order valence-electron chi connectivity index (χ2n) is 7.67. The highest BCUT2D eigenvalue weighted by molar-refractivity contribution is 7.89. The van der Waals surface area contributed by atoms with Crippen LogP contribution in [-0.2, 0) is 14.8 Å². The third-order valence-electron chi connectivity index (χ3n) is 5.83. The molecule has 1 aromatic carbocycles. The molecule has 5 rings (SSSR count). The van der Waals surface area contributed by atoms with Crippen molar-refractivity contribution in [1.82, 2.24) is 19.3 Å². The van der Waals surface area contributed by atoms with Crippen LogP contribution < -0.4 is 10.5 Å². The molecule has 2 saturated heterocycles. The molecule has 0 bridgehead atoms. The van der Waals surface area contributed by atoms with Gasteiger partial charge in [0.25, 0.3) is 5.56 Å². The van der Waals surface area contributed by atoms with Crippen LogP contribution in [0.25, 0.3) is 11.0 Å². The van der Waals surface area contributed by atoms with Gasteiger partial charge in [-0.15, -0.1) is 0 Å². The Morgan fingerprint density at radius 3 is 2.78 bits per heavy atom. The van der Waals surface area contributed by atoms with E-state index in [4.69, 9.17) is 16.3 Å². The van der Waals surface area contributed by atoms with Crippen LogP contribution in [0.15, 0.2) is 52.3 Å². The van der Waals surface area contributed by atoms with Gasteiger partial charge in [0.05, 0.1) is 18.0 Å². The fourth-order valence-electron chi connectivity index (χ4n) is 4.22. The third-order valence-corrected chi connectivity index (χ3v) is 8.05. The molecule has 1 N–H and O–H groups in total. The maximum atomic E-state index is 15.6.